The van der Waals surface area contributed by atoms with Gasteiger partial charge in [0.05, 0.1) is 6.10 Å². The molecule has 1 spiro atoms. The number of nitrogens with one attached hydrogen (secondary N) is 2. The summed E-state index contributed by atoms with van der Waals surface area (Å²) in [7, 11) is 0. The molecule has 1 amide bonds. The molecule has 0 aromatic rings. The number of ether oxygens (including phenoxy) is 1. The van der Waals surface area contributed by atoms with E-state index < -0.39 is 0 Å². The Kier molecular flexibility index (Phi) is 7.83. The van der Waals surface area contributed by atoms with E-state index in [2.05, 4.69) is 43.2 Å². The van der Waals surface area contributed by atoms with Gasteiger partial charge in [-0.15, -0.1) is 0 Å². The average Bonchev–Trinajstić information content (AvgIpc) is 2.67. The third-order valence-corrected chi connectivity index (χ3v) is 7.55. The summed E-state index contributed by atoms with van der Waals surface area (Å²) in [5.41, 5.74) is 0.331. The van der Waals surface area contributed by atoms with Crippen molar-refractivity contribution in [1.29, 1.82) is 0 Å². The summed E-state index contributed by atoms with van der Waals surface area (Å²) in [6.07, 6.45) is 9.23. The minimum absolute atomic E-state index is 0.189. The van der Waals surface area contributed by atoms with Crippen LogP contribution in [0.25, 0.3) is 0 Å². The molecule has 0 aromatic carbocycles. The lowest BCUT2D eigenvalue weighted by Crippen LogP contribution is -2.69. The van der Waals surface area contributed by atoms with Crippen molar-refractivity contribution in [3.63, 3.8) is 0 Å². The zero-order valence-corrected chi connectivity index (χ0v) is 19.0. The summed E-state index contributed by atoms with van der Waals surface area (Å²) in [6.45, 7) is 11.7. The van der Waals surface area contributed by atoms with Gasteiger partial charge >= 0.3 is 0 Å². The van der Waals surface area contributed by atoms with Crippen LogP contribution in [0.3, 0.4) is 0 Å². The van der Waals surface area contributed by atoms with Gasteiger partial charge in [0.25, 0.3) is 0 Å². The Hall–Kier alpha value is -1.30. The molecule has 3 fully saturated rings. The first-order valence-electron chi connectivity index (χ1n) is 12.1. The van der Waals surface area contributed by atoms with Crippen molar-refractivity contribution in [1.82, 2.24) is 15.5 Å². The molecule has 3 aliphatic rings. The van der Waals surface area contributed by atoms with Crippen molar-refractivity contribution in [2.24, 2.45) is 16.3 Å². The van der Waals surface area contributed by atoms with Gasteiger partial charge in [-0.2, -0.15) is 0 Å². The molecule has 3 rings (SSSR count). The van der Waals surface area contributed by atoms with Crippen molar-refractivity contribution < 1.29 is 9.53 Å². The lowest BCUT2D eigenvalue weighted by molar-refractivity contribution is -0.168. The van der Waals surface area contributed by atoms with Gasteiger partial charge in [0.1, 0.15) is 0 Å². The molecular weight excluding hydrogens is 364 g/mol. The zero-order chi connectivity index (χ0) is 20.9. The first kappa shape index (κ1) is 22.4. The third-order valence-electron chi connectivity index (χ3n) is 7.55. The monoisotopic (exact) mass is 406 g/mol. The maximum atomic E-state index is 12.6. The van der Waals surface area contributed by atoms with E-state index in [1.54, 1.807) is 0 Å². The molecule has 29 heavy (non-hydrogen) atoms. The van der Waals surface area contributed by atoms with E-state index in [1.165, 1.54) is 19.3 Å². The van der Waals surface area contributed by atoms with Gasteiger partial charge in [-0.3, -0.25) is 9.79 Å². The molecule has 2 atom stereocenters. The van der Waals surface area contributed by atoms with Crippen LogP contribution in [-0.4, -0.2) is 61.2 Å². The molecule has 0 radical (unpaired) electrons. The Morgan fingerprint density at radius 3 is 2.34 bits per heavy atom. The van der Waals surface area contributed by atoms with Crippen LogP contribution < -0.4 is 10.6 Å². The molecule has 2 N–H and O–H groups in total. The minimum atomic E-state index is 0.189. The molecule has 1 saturated heterocycles. The summed E-state index contributed by atoms with van der Waals surface area (Å²) in [5.74, 6) is 1.48. The van der Waals surface area contributed by atoms with E-state index in [9.17, 15) is 4.79 Å². The van der Waals surface area contributed by atoms with Crippen LogP contribution in [0, 0.1) is 11.3 Å². The van der Waals surface area contributed by atoms with Crippen molar-refractivity contribution in [3.8, 4) is 0 Å². The van der Waals surface area contributed by atoms with Crippen LogP contribution in [0.5, 0.6) is 0 Å². The summed E-state index contributed by atoms with van der Waals surface area (Å²) in [6, 6.07) is 0.862. The number of hydrogen-bond donors (Lipinski definition) is 2. The smallest absolute Gasteiger partial charge is 0.225 e. The van der Waals surface area contributed by atoms with Crippen LogP contribution in [0.1, 0.15) is 79.1 Å². The second-order valence-corrected chi connectivity index (χ2v) is 9.04. The van der Waals surface area contributed by atoms with E-state index in [0.29, 0.717) is 29.5 Å². The summed E-state index contributed by atoms with van der Waals surface area (Å²) in [4.78, 5) is 19.4. The predicted molar refractivity (Wildman–Crippen MR) is 118 cm³/mol. The van der Waals surface area contributed by atoms with Gasteiger partial charge < -0.3 is 20.3 Å². The van der Waals surface area contributed by atoms with E-state index >= 15 is 0 Å². The predicted octanol–water partition coefficient (Wildman–Crippen LogP) is 3.32. The molecule has 1 heterocycles. The van der Waals surface area contributed by atoms with Crippen molar-refractivity contribution >= 4 is 11.9 Å². The number of hydrogen-bond acceptors (Lipinski definition) is 3. The van der Waals surface area contributed by atoms with Crippen LogP contribution in [-0.2, 0) is 9.53 Å². The van der Waals surface area contributed by atoms with E-state index in [1.807, 2.05) is 0 Å². The number of likely N-dealkylation sites (tertiary alicyclic amines) is 1. The van der Waals surface area contributed by atoms with Gasteiger partial charge in [0.15, 0.2) is 5.96 Å². The van der Waals surface area contributed by atoms with Crippen LogP contribution in [0.4, 0.5) is 0 Å². The number of guanidine groups is 1. The van der Waals surface area contributed by atoms with Crippen LogP contribution in [0.15, 0.2) is 4.99 Å². The maximum absolute atomic E-state index is 12.6. The fraction of sp³-hybridized carbons (Fsp3) is 0.913. The van der Waals surface area contributed by atoms with Crippen LogP contribution >= 0.6 is 0 Å². The van der Waals surface area contributed by atoms with E-state index in [-0.39, 0.29) is 5.92 Å². The van der Waals surface area contributed by atoms with Crippen molar-refractivity contribution in [2.45, 2.75) is 97.2 Å². The van der Waals surface area contributed by atoms with Crippen molar-refractivity contribution in [2.75, 3.05) is 26.2 Å². The van der Waals surface area contributed by atoms with E-state index in [0.717, 1.165) is 64.3 Å². The normalized spacial score (nSPS) is 26.9. The lowest BCUT2D eigenvalue weighted by atomic mass is 9.51. The van der Waals surface area contributed by atoms with Gasteiger partial charge in [0, 0.05) is 49.7 Å². The zero-order valence-electron chi connectivity index (χ0n) is 19.0. The molecular formula is C23H42N4O2. The van der Waals surface area contributed by atoms with Gasteiger partial charge in [-0.25, -0.2) is 0 Å². The molecule has 0 bridgehead atoms. The first-order valence-corrected chi connectivity index (χ1v) is 12.1. The number of carbonyl (C=O) groups excluding carboxylic acids is 1. The Morgan fingerprint density at radius 2 is 1.83 bits per heavy atom. The highest BCUT2D eigenvalue weighted by Crippen LogP contribution is 2.57. The molecule has 166 valence electrons. The second kappa shape index (κ2) is 10.1. The number of rotatable bonds is 8. The number of carbonyl (C=O) groups is 1. The quantitative estimate of drug-likeness (QED) is 0.479. The standard InChI is InChI=1S/C23H42N4O2/c1-5-17(6-2)21(28)27-14-10-18(11-15-27)25-22(24-7-3)26-19-16-20(29-8-4)23(19)12-9-13-23/h17-20H,5-16H2,1-4H3,(H2,24,25,26). The number of piperidine rings is 1. The number of nitrogens with zero attached hydrogens (tertiary/aromatic N) is 2. The highest BCUT2D eigenvalue weighted by atomic mass is 16.5. The highest BCUT2D eigenvalue weighted by molar-refractivity contribution is 5.81. The average molecular weight is 407 g/mol. The molecule has 6 heteroatoms. The molecule has 0 aromatic heterocycles. The summed E-state index contributed by atoms with van der Waals surface area (Å²) < 4.78 is 5.99. The highest BCUT2D eigenvalue weighted by Gasteiger charge is 2.59. The van der Waals surface area contributed by atoms with E-state index in [4.69, 9.17) is 9.73 Å². The maximum Gasteiger partial charge on any atom is 0.225 e. The third kappa shape index (κ3) is 4.73. The first-order chi connectivity index (χ1) is 14.1. The van der Waals surface area contributed by atoms with Gasteiger partial charge in [0.2, 0.25) is 5.91 Å². The largest absolute Gasteiger partial charge is 0.378 e. The topological polar surface area (TPSA) is 66.0 Å². The fourth-order valence-corrected chi connectivity index (χ4v) is 5.43. The molecule has 2 saturated carbocycles. The second-order valence-electron chi connectivity index (χ2n) is 9.04. The van der Waals surface area contributed by atoms with Gasteiger partial charge in [-0.05, 0) is 58.8 Å². The molecule has 2 aliphatic carbocycles. The fourth-order valence-electron chi connectivity index (χ4n) is 5.43. The Labute approximate surface area is 177 Å². The Balaban J connectivity index is 1.50. The summed E-state index contributed by atoms with van der Waals surface area (Å²) in [5, 5.41) is 7.40. The molecule has 2 unspecified atom stereocenters. The Morgan fingerprint density at radius 1 is 1.14 bits per heavy atom. The number of amides is 1. The summed E-state index contributed by atoms with van der Waals surface area (Å²) >= 11 is 0. The van der Waals surface area contributed by atoms with Crippen molar-refractivity contribution in [3.05, 3.63) is 0 Å². The van der Waals surface area contributed by atoms with Gasteiger partial charge in [-0.1, -0.05) is 20.3 Å². The SMILES string of the molecule is CCN=C(NC1CCN(C(=O)C(CC)CC)CC1)NC1CC(OCC)C12CCC2. The molecule has 1 aliphatic heterocycles. The minimum Gasteiger partial charge on any atom is -0.378 e. The van der Waals surface area contributed by atoms with Crippen LogP contribution in [0.2, 0.25) is 0 Å². The molecule has 6 nitrogen and oxygen atoms in total. The Bertz CT molecular complexity index is 563. The lowest BCUT2D eigenvalue weighted by Gasteiger charge is -2.61. The number of aliphatic imine (C=N–C) groups is 1.